The Bertz CT molecular complexity index is 231. The molecule has 0 aromatic rings. The molecule has 1 fully saturated rings. The van der Waals surface area contributed by atoms with E-state index in [4.69, 9.17) is 0 Å². The van der Waals surface area contributed by atoms with Crippen molar-refractivity contribution in [2.24, 2.45) is 0 Å². The lowest BCUT2D eigenvalue weighted by Gasteiger charge is -2.36. The van der Waals surface area contributed by atoms with E-state index in [0.29, 0.717) is 12.5 Å². The molecule has 2 unspecified atom stereocenters. The molecule has 4 nitrogen and oxygen atoms in total. The van der Waals surface area contributed by atoms with E-state index in [-0.39, 0.29) is 12.0 Å². The molecule has 17 heavy (non-hydrogen) atoms. The number of nitrogens with zero attached hydrogens (tertiary/aromatic N) is 1. The molecule has 0 aliphatic carbocycles. The van der Waals surface area contributed by atoms with Gasteiger partial charge in [0.2, 0.25) is 5.91 Å². The Balaban J connectivity index is 2.29. The van der Waals surface area contributed by atoms with Crippen molar-refractivity contribution >= 4 is 5.91 Å². The first-order valence-electron chi connectivity index (χ1n) is 6.76. The number of piperidine rings is 1. The predicted octanol–water partition coefficient (Wildman–Crippen LogP) is 1.14. The third-order valence-corrected chi connectivity index (χ3v) is 3.49. The Morgan fingerprint density at radius 1 is 1.53 bits per heavy atom. The van der Waals surface area contributed by atoms with Crippen LogP contribution in [0, 0.1) is 0 Å². The molecule has 0 saturated carbocycles. The van der Waals surface area contributed by atoms with Gasteiger partial charge >= 0.3 is 0 Å². The second-order valence-corrected chi connectivity index (χ2v) is 5.05. The smallest absolute Gasteiger partial charge is 0.219 e. The van der Waals surface area contributed by atoms with Gasteiger partial charge in [0.15, 0.2) is 0 Å². The molecule has 1 amide bonds. The van der Waals surface area contributed by atoms with E-state index in [0.717, 1.165) is 25.9 Å². The molecular weight excluding hydrogens is 216 g/mol. The van der Waals surface area contributed by atoms with E-state index in [1.807, 2.05) is 6.92 Å². The molecule has 2 N–H and O–H groups in total. The van der Waals surface area contributed by atoms with Crippen LogP contribution >= 0.6 is 0 Å². The number of rotatable bonds is 6. The molecule has 2 atom stereocenters. The van der Waals surface area contributed by atoms with Crippen LogP contribution in [0.1, 0.15) is 45.4 Å². The van der Waals surface area contributed by atoms with E-state index >= 15 is 0 Å². The molecule has 1 rings (SSSR count). The highest BCUT2D eigenvalue weighted by molar-refractivity contribution is 5.75. The fraction of sp³-hybridized carbons (Fsp3) is 0.923. The lowest BCUT2D eigenvalue weighted by atomic mass is 9.97. The van der Waals surface area contributed by atoms with E-state index < -0.39 is 0 Å². The van der Waals surface area contributed by atoms with E-state index in [1.54, 1.807) is 7.05 Å². The maximum absolute atomic E-state index is 11.1. The SMILES string of the molecule is CNC(=O)CCCN1CCCCC1CC(C)O. The lowest BCUT2D eigenvalue weighted by molar-refractivity contribution is -0.120. The van der Waals surface area contributed by atoms with Crippen molar-refractivity contribution in [3.8, 4) is 0 Å². The zero-order valence-electron chi connectivity index (χ0n) is 11.1. The number of amides is 1. The summed E-state index contributed by atoms with van der Waals surface area (Å²) in [5, 5.41) is 12.1. The molecule has 1 aliphatic heterocycles. The molecule has 1 saturated heterocycles. The monoisotopic (exact) mass is 242 g/mol. The van der Waals surface area contributed by atoms with Crippen molar-refractivity contribution < 1.29 is 9.90 Å². The van der Waals surface area contributed by atoms with Crippen molar-refractivity contribution in [3.05, 3.63) is 0 Å². The summed E-state index contributed by atoms with van der Waals surface area (Å²) >= 11 is 0. The molecule has 1 aliphatic rings. The Morgan fingerprint density at radius 2 is 2.29 bits per heavy atom. The van der Waals surface area contributed by atoms with Crippen LogP contribution in [0.3, 0.4) is 0 Å². The largest absolute Gasteiger partial charge is 0.393 e. The van der Waals surface area contributed by atoms with E-state index in [2.05, 4.69) is 10.2 Å². The number of carbonyl (C=O) groups excluding carboxylic acids is 1. The topological polar surface area (TPSA) is 52.6 Å². The second kappa shape index (κ2) is 7.67. The minimum atomic E-state index is -0.223. The van der Waals surface area contributed by atoms with E-state index in [1.165, 1.54) is 19.3 Å². The molecule has 0 spiro atoms. The van der Waals surface area contributed by atoms with Crippen molar-refractivity contribution in [3.63, 3.8) is 0 Å². The van der Waals surface area contributed by atoms with Crippen LogP contribution in [0.5, 0.6) is 0 Å². The average molecular weight is 242 g/mol. The van der Waals surface area contributed by atoms with Crippen molar-refractivity contribution in [1.82, 2.24) is 10.2 Å². The number of hydrogen-bond acceptors (Lipinski definition) is 3. The highest BCUT2D eigenvalue weighted by Crippen LogP contribution is 2.21. The molecule has 0 aromatic heterocycles. The highest BCUT2D eigenvalue weighted by atomic mass is 16.3. The van der Waals surface area contributed by atoms with Gasteiger partial charge in [-0.3, -0.25) is 4.79 Å². The van der Waals surface area contributed by atoms with Crippen LogP contribution in [0.4, 0.5) is 0 Å². The first-order valence-corrected chi connectivity index (χ1v) is 6.76. The van der Waals surface area contributed by atoms with Gasteiger partial charge in [-0.05, 0) is 45.7 Å². The van der Waals surface area contributed by atoms with E-state index in [9.17, 15) is 9.90 Å². The third-order valence-electron chi connectivity index (χ3n) is 3.49. The molecule has 100 valence electrons. The normalized spacial score (nSPS) is 23.4. The molecule has 0 radical (unpaired) electrons. The molecular formula is C13H26N2O2. The number of aliphatic hydroxyl groups excluding tert-OH is 1. The third kappa shape index (κ3) is 5.50. The second-order valence-electron chi connectivity index (χ2n) is 5.05. The van der Waals surface area contributed by atoms with Gasteiger partial charge in [-0.1, -0.05) is 6.42 Å². The fourth-order valence-electron chi connectivity index (χ4n) is 2.58. The summed E-state index contributed by atoms with van der Waals surface area (Å²) in [4.78, 5) is 13.6. The molecule has 0 aromatic carbocycles. The summed E-state index contributed by atoms with van der Waals surface area (Å²) in [7, 11) is 1.68. The summed E-state index contributed by atoms with van der Waals surface area (Å²) in [6.45, 7) is 3.95. The summed E-state index contributed by atoms with van der Waals surface area (Å²) in [6.07, 6.45) is 5.86. The average Bonchev–Trinajstić information content (AvgIpc) is 2.30. The standard InChI is InChI=1S/C13H26N2O2/c1-11(16)10-12-6-3-4-8-15(12)9-5-7-13(17)14-2/h11-12,16H,3-10H2,1-2H3,(H,14,17). The number of likely N-dealkylation sites (tertiary alicyclic amines) is 1. The first-order chi connectivity index (χ1) is 8.13. The van der Waals surface area contributed by atoms with Crippen LogP contribution < -0.4 is 5.32 Å². The zero-order chi connectivity index (χ0) is 12.7. The van der Waals surface area contributed by atoms with Gasteiger partial charge in [0, 0.05) is 19.5 Å². The number of aliphatic hydroxyl groups is 1. The maximum Gasteiger partial charge on any atom is 0.219 e. The number of hydrogen-bond donors (Lipinski definition) is 2. The Morgan fingerprint density at radius 3 is 2.94 bits per heavy atom. The lowest BCUT2D eigenvalue weighted by Crippen LogP contribution is -2.41. The quantitative estimate of drug-likeness (QED) is 0.734. The van der Waals surface area contributed by atoms with Gasteiger partial charge in [0.25, 0.3) is 0 Å². The molecule has 1 heterocycles. The Labute approximate surface area is 104 Å². The van der Waals surface area contributed by atoms with Gasteiger partial charge in [-0.2, -0.15) is 0 Å². The fourth-order valence-corrected chi connectivity index (χ4v) is 2.58. The number of carbonyl (C=O) groups is 1. The molecule has 0 bridgehead atoms. The summed E-state index contributed by atoms with van der Waals surface area (Å²) < 4.78 is 0. The van der Waals surface area contributed by atoms with Gasteiger partial charge < -0.3 is 15.3 Å². The van der Waals surface area contributed by atoms with Crippen LogP contribution in [-0.4, -0.2) is 48.2 Å². The van der Waals surface area contributed by atoms with Gasteiger partial charge in [0.05, 0.1) is 6.10 Å². The van der Waals surface area contributed by atoms with Crippen LogP contribution in [0.15, 0.2) is 0 Å². The summed E-state index contributed by atoms with van der Waals surface area (Å²) in [5.74, 6) is 0.120. The van der Waals surface area contributed by atoms with Crippen molar-refractivity contribution in [2.75, 3.05) is 20.1 Å². The minimum absolute atomic E-state index is 0.120. The first kappa shape index (κ1) is 14.5. The summed E-state index contributed by atoms with van der Waals surface area (Å²) in [5.41, 5.74) is 0. The van der Waals surface area contributed by atoms with Crippen molar-refractivity contribution in [2.45, 2.75) is 57.6 Å². The minimum Gasteiger partial charge on any atom is -0.393 e. The predicted molar refractivity (Wildman–Crippen MR) is 68.8 cm³/mol. The number of nitrogens with one attached hydrogen (secondary N) is 1. The zero-order valence-corrected chi connectivity index (χ0v) is 11.1. The van der Waals surface area contributed by atoms with Gasteiger partial charge in [-0.25, -0.2) is 0 Å². The highest BCUT2D eigenvalue weighted by Gasteiger charge is 2.23. The Kier molecular flexibility index (Phi) is 6.52. The van der Waals surface area contributed by atoms with Crippen molar-refractivity contribution in [1.29, 1.82) is 0 Å². The molecule has 4 heteroatoms. The van der Waals surface area contributed by atoms with Gasteiger partial charge in [-0.15, -0.1) is 0 Å². The van der Waals surface area contributed by atoms with Crippen LogP contribution in [0.2, 0.25) is 0 Å². The van der Waals surface area contributed by atoms with Gasteiger partial charge in [0.1, 0.15) is 0 Å². The Hall–Kier alpha value is -0.610. The van der Waals surface area contributed by atoms with Crippen LogP contribution in [-0.2, 0) is 4.79 Å². The summed E-state index contributed by atoms with van der Waals surface area (Å²) in [6, 6.07) is 0.508. The maximum atomic E-state index is 11.1. The van der Waals surface area contributed by atoms with Crippen LogP contribution in [0.25, 0.3) is 0 Å².